The molecule has 31 heavy (non-hydrogen) atoms. The quantitative estimate of drug-likeness (QED) is 0.706. The number of pyridine rings is 1. The molecule has 0 spiro atoms. The third-order valence-electron chi connectivity index (χ3n) is 5.53. The first-order valence-corrected chi connectivity index (χ1v) is 11.1. The molecular weight excluding hydrogens is 421 g/mol. The van der Waals surface area contributed by atoms with Crippen LogP contribution in [0.3, 0.4) is 0 Å². The number of amides is 1. The minimum atomic E-state index is -3.59. The monoisotopic (exact) mass is 443 g/mol. The fraction of sp³-hybridized carbons (Fsp3) is 0.333. The van der Waals surface area contributed by atoms with Crippen molar-refractivity contribution in [1.29, 1.82) is 0 Å². The molecule has 0 saturated carbocycles. The summed E-state index contributed by atoms with van der Waals surface area (Å²) in [6.45, 7) is 11.5. The average molecular weight is 444 g/mol. The van der Waals surface area contributed by atoms with Gasteiger partial charge in [0.1, 0.15) is 22.1 Å². The molecule has 0 bridgehead atoms. The maximum Gasteiger partial charge on any atom is 0.274 e. The van der Waals surface area contributed by atoms with Crippen LogP contribution in [0.25, 0.3) is 4.85 Å². The van der Waals surface area contributed by atoms with Crippen LogP contribution in [0.4, 0.5) is 15.8 Å². The van der Waals surface area contributed by atoms with Crippen molar-refractivity contribution < 1.29 is 17.6 Å². The highest BCUT2D eigenvalue weighted by molar-refractivity contribution is 7.93. The summed E-state index contributed by atoms with van der Waals surface area (Å²) in [4.78, 5) is 24.0. The smallest absolute Gasteiger partial charge is 0.274 e. The van der Waals surface area contributed by atoms with E-state index >= 15 is 0 Å². The molecule has 0 radical (unpaired) electrons. The summed E-state index contributed by atoms with van der Waals surface area (Å²) >= 11 is 0. The SMILES string of the molecule is [C-]#[N+]c1ccc(C(=O)Nc2ccc(F)c([C@]3(C)CCS(=O)(=O)C(C)(C)C(N)=N3)c2)nc1. The van der Waals surface area contributed by atoms with Gasteiger partial charge in [0.15, 0.2) is 9.84 Å². The van der Waals surface area contributed by atoms with Gasteiger partial charge in [0.25, 0.3) is 5.91 Å². The molecule has 8 nitrogen and oxygen atoms in total. The molecule has 1 aromatic heterocycles. The van der Waals surface area contributed by atoms with Gasteiger partial charge in [-0.2, -0.15) is 0 Å². The van der Waals surface area contributed by atoms with E-state index in [4.69, 9.17) is 12.3 Å². The van der Waals surface area contributed by atoms with Crippen LogP contribution in [0.15, 0.2) is 41.5 Å². The lowest BCUT2D eigenvalue weighted by Gasteiger charge is -2.26. The fourth-order valence-electron chi connectivity index (χ4n) is 3.20. The Bertz CT molecular complexity index is 1220. The highest BCUT2D eigenvalue weighted by Crippen LogP contribution is 2.38. The number of benzene rings is 1. The molecule has 162 valence electrons. The number of nitrogens with two attached hydrogens (primary N) is 1. The zero-order chi connectivity index (χ0) is 23.0. The third kappa shape index (κ3) is 4.14. The summed E-state index contributed by atoms with van der Waals surface area (Å²) in [7, 11) is -3.59. The molecule has 1 atom stereocenters. The molecule has 1 aromatic carbocycles. The number of nitrogens with one attached hydrogen (secondary N) is 1. The van der Waals surface area contributed by atoms with Gasteiger partial charge in [0.2, 0.25) is 5.69 Å². The maximum absolute atomic E-state index is 14.8. The van der Waals surface area contributed by atoms with Crippen molar-refractivity contribution in [2.45, 2.75) is 37.5 Å². The second-order valence-corrected chi connectivity index (χ2v) is 10.7. The lowest BCUT2D eigenvalue weighted by Crippen LogP contribution is -2.45. The molecule has 3 N–H and O–H groups in total. The van der Waals surface area contributed by atoms with Crippen molar-refractivity contribution in [2.75, 3.05) is 11.1 Å². The molecule has 0 fully saturated rings. The Morgan fingerprint density at radius 1 is 1.26 bits per heavy atom. The van der Waals surface area contributed by atoms with E-state index in [1.165, 1.54) is 50.4 Å². The van der Waals surface area contributed by atoms with Crippen LogP contribution in [0.1, 0.15) is 43.2 Å². The van der Waals surface area contributed by atoms with Gasteiger partial charge >= 0.3 is 0 Å². The Labute approximate surface area is 180 Å². The normalized spacial score (nSPS) is 22.0. The molecule has 0 aliphatic carbocycles. The van der Waals surface area contributed by atoms with Crippen LogP contribution in [0.2, 0.25) is 0 Å². The highest BCUT2D eigenvalue weighted by Gasteiger charge is 2.45. The number of rotatable bonds is 3. The molecular formula is C21H22FN5O3S. The van der Waals surface area contributed by atoms with Crippen LogP contribution in [-0.2, 0) is 15.4 Å². The van der Waals surface area contributed by atoms with Gasteiger partial charge in [0, 0.05) is 17.4 Å². The number of halogens is 1. The van der Waals surface area contributed by atoms with Crippen LogP contribution < -0.4 is 11.1 Å². The number of carbonyl (C=O) groups is 1. The van der Waals surface area contributed by atoms with Crippen molar-refractivity contribution in [3.8, 4) is 0 Å². The Kier molecular flexibility index (Phi) is 5.58. The Morgan fingerprint density at radius 2 is 1.97 bits per heavy atom. The summed E-state index contributed by atoms with van der Waals surface area (Å²) in [6, 6.07) is 6.87. The summed E-state index contributed by atoms with van der Waals surface area (Å²) in [5, 5.41) is 2.64. The third-order valence-corrected chi connectivity index (χ3v) is 8.04. The number of aromatic nitrogens is 1. The number of nitrogens with zero attached hydrogens (tertiary/aromatic N) is 3. The predicted octanol–water partition coefficient (Wildman–Crippen LogP) is 3.19. The van der Waals surface area contributed by atoms with Gasteiger partial charge in [-0.05, 0) is 51.5 Å². The van der Waals surface area contributed by atoms with E-state index in [1.54, 1.807) is 6.92 Å². The molecule has 2 aromatic rings. The topological polar surface area (TPSA) is 119 Å². The second kappa shape index (κ2) is 7.74. The van der Waals surface area contributed by atoms with Gasteiger partial charge in [0.05, 0.1) is 17.9 Å². The first-order chi connectivity index (χ1) is 14.4. The Morgan fingerprint density at radius 3 is 2.58 bits per heavy atom. The number of carbonyl (C=O) groups excluding carboxylic acids is 1. The van der Waals surface area contributed by atoms with Gasteiger partial charge in [-0.15, -0.1) is 0 Å². The maximum atomic E-state index is 14.8. The minimum Gasteiger partial charge on any atom is -0.386 e. The average Bonchev–Trinajstić information content (AvgIpc) is 2.78. The van der Waals surface area contributed by atoms with Crippen molar-refractivity contribution in [2.24, 2.45) is 10.7 Å². The number of hydrogen-bond acceptors (Lipinski definition) is 6. The van der Waals surface area contributed by atoms with Crippen molar-refractivity contribution in [3.63, 3.8) is 0 Å². The lowest BCUT2D eigenvalue weighted by molar-refractivity contribution is 0.102. The molecule has 0 unspecified atom stereocenters. The first-order valence-electron chi connectivity index (χ1n) is 9.43. The van der Waals surface area contributed by atoms with E-state index in [0.717, 1.165) is 0 Å². The Hall–Kier alpha value is -3.32. The van der Waals surface area contributed by atoms with Crippen LogP contribution in [-0.4, -0.2) is 35.6 Å². The number of sulfone groups is 1. The van der Waals surface area contributed by atoms with Crippen molar-refractivity contribution in [3.05, 3.63) is 65.0 Å². The van der Waals surface area contributed by atoms with Crippen molar-refractivity contribution >= 4 is 33.0 Å². The Balaban J connectivity index is 1.96. The van der Waals surface area contributed by atoms with E-state index in [0.29, 0.717) is 11.4 Å². The number of anilines is 1. The standard InChI is InChI=1S/C21H22FN5O3S/c1-20(2)19(23)27-21(3,9-10-31(20,29)30)15-11-13(5-7-16(15)22)26-18(28)17-8-6-14(24-4)12-25-17/h5-8,11-12H,9-10H2,1-3H3,(H2,23,27)(H,26,28)/t21-/m0/s1. The van der Waals surface area contributed by atoms with Gasteiger partial charge in [-0.25, -0.2) is 17.7 Å². The first kappa shape index (κ1) is 22.4. The summed E-state index contributed by atoms with van der Waals surface area (Å²) in [5.41, 5.74) is 5.59. The van der Waals surface area contributed by atoms with E-state index in [2.05, 4.69) is 20.1 Å². The van der Waals surface area contributed by atoms with Crippen LogP contribution in [0.5, 0.6) is 0 Å². The number of aliphatic imine (C=N–C) groups is 1. The minimum absolute atomic E-state index is 0.0351. The highest BCUT2D eigenvalue weighted by atomic mass is 32.2. The predicted molar refractivity (Wildman–Crippen MR) is 116 cm³/mol. The van der Waals surface area contributed by atoms with E-state index < -0.39 is 31.8 Å². The van der Waals surface area contributed by atoms with E-state index in [-0.39, 0.29) is 29.3 Å². The van der Waals surface area contributed by atoms with Gasteiger partial charge in [-0.3, -0.25) is 14.8 Å². The zero-order valence-corrected chi connectivity index (χ0v) is 18.1. The molecule has 1 amide bonds. The largest absolute Gasteiger partial charge is 0.386 e. The van der Waals surface area contributed by atoms with Crippen molar-refractivity contribution in [1.82, 2.24) is 4.98 Å². The summed E-state index contributed by atoms with van der Waals surface area (Å²) in [5.74, 6) is -1.43. The van der Waals surface area contributed by atoms with Gasteiger partial charge < -0.3 is 11.1 Å². The lowest BCUT2D eigenvalue weighted by atomic mass is 9.88. The van der Waals surface area contributed by atoms with E-state index in [1.807, 2.05) is 0 Å². The molecule has 0 saturated heterocycles. The summed E-state index contributed by atoms with van der Waals surface area (Å²) < 4.78 is 38.6. The zero-order valence-electron chi connectivity index (χ0n) is 17.3. The molecule has 10 heteroatoms. The number of hydrogen-bond donors (Lipinski definition) is 2. The fourth-order valence-corrected chi connectivity index (χ4v) is 4.74. The van der Waals surface area contributed by atoms with Gasteiger partial charge in [-0.1, -0.05) is 6.07 Å². The molecule has 1 aliphatic heterocycles. The van der Waals surface area contributed by atoms with Crippen LogP contribution in [0, 0.1) is 12.4 Å². The second-order valence-electron chi connectivity index (χ2n) is 8.01. The molecule has 2 heterocycles. The van der Waals surface area contributed by atoms with Crippen LogP contribution >= 0.6 is 0 Å². The summed E-state index contributed by atoms with van der Waals surface area (Å²) in [6.07, 6.45) is 1.32. The van der Waals surface area contributed by atoms with E-state index in [9.17, 15) is 17.6 Å². The number of amidine groups is 1. The molecule has 1 aliphatic rings. The molecule has 3 rings (SSSR count).